The smallest absolute Gasteiger partial charge is 0.265 e. The van der Waals surface area contributed by atoms with E-state index in [0.717, 1.165) is 16.8 Å². The number of aliphatic hydroxyl groups excluding tert-OH is 1. The van der Waals surface area contributed by atoms with E-state index in [1.165, 1.54) is 4.90 Å². The monoisotopic (exact) mass is 370 g/mol. The lowest BCUT2D eigenvalue weighted by atomic mass is 10.0. The highest BCUT2D eigenvalue weighted by Crippen LogP contribution is 2.33. The standard InChI is InChI=1S/C19H22N4O4/c1-12-3-4-17-16(7-12)23(19(26)11-27-17)9-18(25)22-6-5-15-13(8-22)14(10-24)20-21(15)2/h3-4,7,24H,5-6,8-11H2,1-2H3. The van der Waals surface area contributed by atoms with Gasteiger partial charge in [-0.15, -0.1) is 0 Å². The molecule has 1 N–H and O–H groups in total. The summed E-state index contributed by atoms with van der Waals surface area (Å²) >= 11 is 0. The number of anilines is 1. The maximum atomic E-state index is 12.9. The highest BCUT2D eigenvalue weighted by molar-refractivity contribution is 6.02. The highest BCUT2D eigenvalue weighted by atomic mass is 16.5. The molecular weight excluding hydrogens is 348 g/mol. The summed E-state index contributed by atoms with van der Waals surface area (Å²) in [5, 5.41) is 13.8. The second kappa shape index (κ2) is 6.70. The Balaban J connectivity index is 1.55. The lowest BCUT2D eigenvalue weighted by molar-refractivity contribution is -0.132. The van der Waals surface area contributed by atoms with Crippen molar-refractivity contribution in [2.24, 2.45) is 7.05 Å². The van der Waals surface area contributed by atoms with E-state index in [0.29, 0.717) is 36.6 Å². The Hall–Kier alpha value is -2.87. The molecule has 0 fully saturated rings. The zero-order chi connectivity index (χ0) is 19.1. The van der Waals surface area contributed by atoms with Crippen molar-refractivity contribution in [2.45, 2.75) is 26.5 Å². The number of aliphatic hydroxyl groups is 1. The van der Waals surface area contributed by atoms with E-state index in [9.17, 15) is 14.7 Å². The predicted molar refractivity (Wildman–Crippen MR) is 97.3 cm³/mol. The molecule has 0 spiro atoms. The van der Waals surface area contributed by atoms with E-state index < -0.39 is 0 Å². The fraction of sp³-hybridized carbons (Fsp3) is 0.421. The summed E-state index contributed by atoms with van der Waals surface area (Å²) in [6.45, 7) is 2.66. The first kappa shape index (κ1) is 17.5. The number of hydrogen-bond donors (Lipinski definition) is 1. The van der Waals surface area contributed by atoms with Crippen LogP contribution >= 0.6 is 0 Å². The molecule has 3 heterocycles. The molecule has 0 atom stereocenters. The molecule has 0 saturated carbocycles. The fourth-order valence-corrected chi connectivity index (χ4v) is 3.73. The number of hydrogen-bond acceptors (Lipinski definition) is 5. The Morgan fingerprint density at radius 2 is 2.19 bits per heavy atom. The molecule has 2 aliphatic heterocycles. The molecule has 0 aliphatic carbocycles. The topological polar surface area (TPSA) is 87.9 Å². The molecule has 4 rings (SSSR count). The zero-order valence-electron chi connectivity index (χ0n) is 15.4. The molecule has 27 heavy (non-hydrogen) atoms. The fourth-order valence-electron chi connectivity index (χ4n) is 3.73. The van der Waals surface area contributed by atoms with Crippen molar-refractivity contribution < 1.29 is 19.4 Å². The van der Waals surface area contributed by atoms with Crippen LogP contribution in [0.1, 0.15) is 22.5 Å². The van der Waals surface area contributed by atoms with Crippen molar-refractivity contribution in [2.75, 3.05) is 24.6 Å². The number of aromatic nitrogens is 2. The van der Waals surface area contributed by atoms with Crippen LogP contribution in [-0.2, 0) is 36.2 Å². The molecule has 1 aromatic carbocycles. The molecule has 2 amide bonds. The number of ether oxygens (including phenoxy) is 1. The van der Waals surface area contributed by atoms with Gasteiger partial charge in [0.2, 0.25) is 5.91 Å². The van der Waals surface area contributed by atoms with Gasteiger partial charge in [-0.3, -0.25) is 19.2 Å². The maximum absolute atomic E-state index is 12.9. The largest absolute Gasteiger partial charge is 0.482 e. The van der Waals surface area contributed by atoms with Gasteiger partial charge in [-0.2, -0.15) is 5.10 Å². The second-order valence-corrected chi connectivity index (χ2v) is 6.96. The molecule has 2 aromatic rings. The maximum Gasteiger partial charge on any atom is 0.265 e. The van der Waals surface area contributed by atoms with Crippen molar-refractivity contribution >= 4 is 17.5 Å². The molecule has 2 aliphatic rings. The average molecular weight is 370 g/mol. The van der Waals surface area contributed by atoms with Crippen molar-refractivity contribution in [3.63, 3.8) is 0 Å². The van der Waals surface area contributed by atoms with Crippen molar-refractivity contribution in [1.82, 2.24) is 14.7 Å². The molecule has 8 heteroatoms. The first-order chi connectivity index (χ1) is 13.0. The van der Waals surface area contributed by atoms with Crippen molar-refractivity contribution in [3.8, 4) is 5.75 Å². The summed E-state index contributed by atoms with van der Waals surface area (Å²) in [5.74, 6) is 0.261. The van der Waals surface area contributed by atoms with Gasteiger partial charge in [-0.25, -0.2) is 0 Å². The Morgan fingerprint density at radius 3 is 2.96 bits per heavy atom. The lowest BCUT2D eigenvalue weighted by Crippen LogP contribution is -2.47. The van der Waals surface area contributed by atoms with Gasteiger partial charge in [0.15, 0.2) is 6.61 Å². The first-order valence-corrected chi connectivity index (χ1v) is 8.94. The summed E-state index contributed by atoms with van der Waals surface area (Å²) in [6, 6.07) is 5.60. The quantitative estimate of drug-likeness (QED) is 0.852. The molecule has 0 bridgehead atoms. The Labute approximate surface area is 156 Å². The molecule has 142 valence electrons. The van der Waals surface area contributed by atoms with E-state index >= 15 is 0 Å². The number of carbonyl (C=O) groups excluding carboxylic acids is 2. The predicted octanol–water partition coefficient (Wildman–Crippen LogP) is 0.531. The van der Waals surface area contributed by atoms with Crippen LogP contribution in [0.25, 0.3) is 0 Å². The third-order valence-electron chi connectivity index (χ3n) is 5.18. The molecule has 0 unspecified atom stereocenters. The van der Waals surface area contributed by atoms with Crippen molar-refractivity contribution in [3.05, 3.63) is 40.7 Å². The van der Waals surface area contributed by atoms with Crippen LogP contribution in [0, 0.1) is 6.92 Å². The SMILES string of the molecule is Cc1ccc2c(c1)N(CC(=O)N1CCc3c(c(CO)nn3C)C1)C(=O)CO2. The average Bonchev–Trinajstić information content (AvgIpc) is 2.99. The summed E-state index contributed by atoms with van der Waals surface area (Å²) in [7, 11) is 1.85. The first-order valence-electron chi connectivity index (χ1n) is 8.94. The van der Waals surface area contributed by atoms with E-state index in [-0.39, 0.29) is 31.6 Å². The number of carbonyl (C=O) groups is 2. The van der Waals surface area contributed by atoms with Gasteiger partial charge in [0.05, 0.1) is 18.0 Å². The molecule has 8 nitrogen and oxygen atoms in total. The van der Waals surface area contributed by atoms with Crippen molar-refractivity contribution in [1.29, 1.82) is 0 Å². The minimum Gasteiger partial charge on any atom is -0.482 e. The Kier molecular flexibility index (Phi) is 4.35. The number of aryl methyl sites for hydroxylation is 2. The minimum atomic E-state index is -0.225. The van der Waals surface area contributed by atoms with Gasteiger partial charge in [-0.05, 0) is 24.6 Å². The van der Waals surface area contributed by atoms with E-state index in [1.807, 2.05) is 32.2 Å². The third kappa shape index (κ3) is 3.06. The molecule has 1 aromatic heterocycles. The zero-order valence-corrected chi connectivity index (χ0v) is 15.4. The summed E-state index contributed by atoms with van der Waals surface area (Å²) in [4.78, 5) is 28.5. The van der Waals surface area contributed by atoms with Crippen LogP contribution < -0.4 is 9.64 Å². The van der Waals surface area contributed by atoms with Crippen LogP contribution in [0.5, 0.6) is 5.75 Å². The highest BCUT2D eigenvalue weighted by Gasteiger charge is 2.31. The number of rotatable bonds is 3. The van der Waals surface area contributed by atoms with Gasteiger partial charge in [0, 0.05) is 37.8 Å². The van der Waals surface area contributed by atoms with Gasteiger partial charge >= 0.3 is 0 Å². The van der Waals surface area contributed by atoms with Crippen LogP contribution in [0.3, 0.4) is 0 Å². The Morgan fingerprint density at radius 1 is 1.37 bits per heavy atom. The second-order valence-electron chi connectivity index (χ2n) is 6.96. The number of fused-ring (bicyclic) bond motifs is 2. The molecular formula is C19H22N4O4. The van der Waals surface area contributed by atoms with Gasteiger partial charge in [0.1, 0.15) is 12.3 Å². The summed E-state index contributed by atoms with van der Waals surface area (Å²) in [5.41, 5.74) is 4.19. The van der Waals surface area contributed by atoms with Crippen LogP contribution in [0.4, 0.5) is 5.69 Å². The molecule has 0 saturated heterocycles. The Bertz CT molecular complexity index is 921. The van der Waals surface area contributed by atoms with Crippen LogP contribution in [-0.4, -0.2) is 51.3 Å². The summed E-state index contributed by atoms with van der Waals surface area (Å²) in [6.07, 6.45) is 0.678. The van der Waals surface area contributed by atoms with Crippen LogP contribution in [0.15, 0.2) is 18.2 Å². The van der Waals surface area contributed by atoms with E-state index in [2.05, 4.69) is 5.10 Å². The number of nitrogens with zero attached hydrogens (tertiary/aromatic N) is 4. The van der Waals surface area contributed by atoms with Gasteiger partial charge < -0.3 is 14.7 Å². The van der Waals surface area contributed by atoms with E-state index in [4.69, 9.17) is 4.74 Å². The molecule has 0 radical (unpaired) electrons. The third-order valence-corrected chi connectivity index (χ3v) is 5.18. The van der Waals surface area contributed by atoms with Crippen LogP contribution in [0.2, 0.25) is 0 Å². The van der Waals surface area contributed by atoms with E-state index in [1.54, 1.807) is 9.58 Å². The number of amides is 2. The summed E-state index contributed by atoms with van der Waals surface area (Å²) < 4.78 is 7.24. The van der Waals surface area contributed by atoms with Gasteiger partial charge in [-0.1, -0.05) is 6.07 Å². The number of benzene rings is 1. The minimum absolute atomic E-state index is 0.0251. The normalized spacial score (nSPS) is 16.0. The lowest BCUT2D eigenvalue weighted by Gasteiger charge is -2.33. The van der Waals surface area contributed by atoms with Gasteiger partial charge in [0.25, 0.3) is 5.91 Å².